The van der Waals surface area contributed by atoms with Crippen LogP contribution < -0.4 is 0 Å². The summed E-state index contributed by atoms with van der Waals surface area (Å²) < 4.78 is 1.11. The van der Waals surface area contributed by atoms with E-state index in [1.807, 2.05) is 23.5 Å². The summed E-state index contributed by atoms with van der Waals surface area (Å²) in [6.07, 6.45) is 2.65. The van der Waals surface area contributed by atoms with E-state index in [-0.39, 0.29) is 23.8 Å². The Morgan fingerprint density at radius 1 is 0.688 bits per heavy atom. The maximum absolute atomic E-state index is 5.82. The smallest absolute Gasteiger partial charge is 0.131 e. The van der Waals surface area contributed by atoms with Crippen LogP contribution in [0.2, 0.25) is 0 Å². The second-order valence-corrected chi connectivity index (χ2v) is 18.7. The van der Waals surface area contributed by atoms with Crippen molar-refractivity contribution in [2.45, 2.75) is 59.1 Å². The maximum atomic E-state index is 5.82. The Morgan fingerprint density at radius 3 is 1.28 bits per heavy atom. The van der Waals surface area contributed by atoms with Gasteiger partial charge in [-0.05, 0) is 72.7 Å². The number of thioether (sulfide) groups is 6. The predicted molar refractivity (Wildman–Crippen MR) is 189 cm³/mol. The van der Waals surface area contributed by atoms with Crippen molar-refractivity contribution in [1.82, 2.24) is 0 Å². The zero-order valence-corrected chi connectivity index (χ0v) is 27.6. The Morgan fingerprint density at radius 2 is 1.03 bits per heavy atom. The number of alkyl halides is 2. The van der Waals surface area contributed by atoms with Crippen molar-refractivity contribution in [3.8, 4) is 0 Å². The van der Waals surface area contributed by atoms with Crippen molar-refractivity contribution in [3.63, 3.8) is 0 Å². The van der Waals surface area contributed by atoms with Gasteiger partial charge in [-0.3, -0.25) is 0 Å². The van der Waals surface area contributed by atoms with Gasteiger partial charge in [0.15, 0.2) is 0 Å². The molecule has 2 saturated heterocycles. The summed E-state index contributed by atoms with van der Waals surface area (Å²) in [6, 6.07) is 0. The van der Waals surface area contributed by atoms with Gasteiger partial charge in [-0.15, -0.1) is 93.8 Å². The Labute approximate surface area is 258 Å². The fourth-order valence-corrected chi connectivity index (χ4v) is 12.8. The molecule has 2 heterocycles. The van der Waals surface area contributed by atoms with Crippen molar-refractivity contribution in [2.24, 2.45) is 0 Å². The molecular weight excluding hydrogens is 632 g/mol. The quantitative estimate of drug-likeness (QED) is 0.108. The number of hydrogen-bond acceptors (Lipinski definition) is 10. The Bertz CT molecular complexity index is 383. The van der Waals surface area contributed by atoms with E-state index in [4.69, 9.17) is 23.2 Å². The van der Waals surface area contributed by atoms with Gasteiger partial charge in [0, 0.05) is 11.5 Å². The molecule has 198 valence electrons. The first-order chi connectivity index (χ1) is 14.3. The zero-order chi connectivity index (χ0) is 22.9. The summed E-state index contributed by atoms with van der Waals surface area (Å²) in [5, 5.41) is 0. The summed E-state index contributed by atoms with van der Waals surface area (Å²) in [5.41, 5.74) is 0. The van der Waals surface area contributed by atoms with Crippen LogP contribution in [0.3, 0.4) is 0 Å². The first kappa shape index (κ1) is 40.6. The molecule has 0 atom stereocenters. The molecule has 0 aromatic heterocycles. The molecule has 0 radical (unpaired) electrons. The highest BCUT2D eigenvalue weighted by Gasteiger charge is 2.37. The van der Waals surface area contributed by atoms with Gasteiger partial charge in [0.2, 0.25) is 0 Å². The fraction of sp³-hybridized carbons (Fsp3) is 1.00. The van der Waals surface area contributed by atoms with E-state index in [2.05, 4.69) is 111 Å². The average Bonchev–Trinajstić information content (AvgIpc) is 2.75. The molecule has 0 saturated carbocycles. The molecule has 2 aliphatic heterocycles. The van der Waals surface area contributed by atoms with Gasteiger partial charge in [0.25, 0.3) is 0 Å². The van der Waals surface area contributed by atoms with Crippen molar-refractivity contribution in [1.29, 1.82) is 0 Å². The van der Waals surface area contributed by atoms with Crippen molar-refractivity contribution in [3.05, 3.63) is 0 Å². The third kappa shape index (κ3) is 18.4. The van der Waals surface area contributed by atoms with E-state index in [0.29, 0.717) is 8.66 Å². The first-order valence-electron chi connectivity index (χ1n) is 9.80. The van der Waals surface area contributed by atoms with E-state index >= 15 is 0 Å². The van der Waals surface area contributed by atoms with Crippen LogP contribution in [0.15, 0.2) is 0 Å². The Hall–Kier alpha value is 4.08. The largest absolute Gasteiger partial charge is 0.179 e. The van der Waals surface area contributed by atoms with E-state index in [9.17, 15) is 0 Å². The topological polar surface area (TPSA) is 0 Å². The monoisotopic (exact) mass is 674 g/mol. The van der Waals surface area contributed by atoms with E-state index < -0.39 is 0 Å². The second-order valence-electron chi connectivity index (χ2n) is 6.40. The lowest BCUT2D eigenvalue weighted by Crippen LogP contribution is -2.32. The summed E-state index contributed by atoms with van der Waals surface area (Å²) in [4.78, 5) is -0.247. The van der Waals surface area contributed by atoms with Gasteiger partial charge in [-0.25, -0.2) is 0 Å². The number of halogens is 2. The molecule has 2 fully saturated rings. The van der Waals surface area contributed by atoms with Gasteiger partial charge in [0.1, 0.15) is 4.84 Å². The third-order valence-electron chi connectivity index (χ3n) is 3.78. The first-order valence-corrected chi connectivity index (χ1v) is 19.2. The minimum Gasteiger partial charge on any atom is -0.179 e. The van der Waals surface area contributed by atoms with E-state index in [0.717, 1.165) is 34.5 Å². The fourth-order valence-electron chi connectivity index (χ4n) is 2.23. The molecule has 0 spiro atoms. The minimum absolute atomic E-state index is 0. The minimum atomic E-state index is -0.247. The molecule has 32 heavy (non-hydrogen) atoms. The van der Waals surface area contributed by atoms with Crippen molar-refractivity contribution >= 4 is 144 Å². The number of hydrogen-bond donors (Lipinski definition) is 4. The molecule has 0 bridgehead atoms. The second kappa shape index (κ2) is 25.4. The van der Waals surface area contributed by atoms with Crippen LogP contribution >= 0.6 is 144 Å². The highest BCUT2D eigenvalue weighted by atomic mass is 35.5. The summed E-state index contributed by atoms with van der Waals surface area (Å²) in [6.45, 7) is 4.54. The van der Waals surface area contributed by atoms with E-state index in [1.54, 1.807) is 0 Å². The van der Waals surface area contributed by atoms with Crippen LogP contribution in [0.5, 0.6) is 0 Å². The molecule has 0 unspecified atom stereocenters. The SMILES string of the molecule is C.C.CC1(C(Cl)Cl)SCCCS1.CC1(C(SCCS)SCCS)SCCCS1.SCCS. The van der Waals surface area contributed by atoms with E-state index in [1.165, 1.54) is 35.9 Å². The van der Waals surface area contributed by atoms with Crippen molar-refractivity contribution < 1.29 is 0 Å². The van der Waals surface area contributed by atoms with Gasteiger partial charge in [0.05, 0.1) is 12.7 Å². The van der Waals surface area contributed by atoms with Crippen molar-refractivity contribution in [2.75, 3.05) is 57.5 Å². The third-order valence-corrected chi connectivity index (χ3v) is 17.5. The van der Waals surface area contributed by atoms with Crippen LogP contribution in [-0.4, -0.2) is 75.1 Å². The molecule has 0 N–H and O–H groups in total. The number of thiol groups is 4. The number of rotatable bonds is 9. The van der Waals surface area contributed by atoms with Gasteiger partial charge in [-0.2, -0.15) is 50.5 Å². The molecule has 0 aliphatic carbocycles. The lowest BCUT2D eigenvalue weighted by Gasteiger charge is -2.38. The molecule has 0 aromatic carbocycles. The van der Waals surface area contributed by atoms with Crippen LogP contribution in [0.25, 0.3) is 0 Å². The van der Waals surface area contributed by atoms with Gasteiger partial charge >= 0.3 is 0 Å². The highest BCUT2D eigenvalue weighted by molar-refractivity contribution is 8.24. The maximum Gasteiger partial charge on any atom is 0.131 e. The predicted octanol–water partition coefficient (Wildman–Crippen LogP) is 9.72. The summed E-state index contributed by atoms with van der Waals surface area (Å²) >= 11 is 40.2. The van der Waals surface area contributed by atoms with Crippen LogP contribution in [0.4, 0.5) is 0 Å². The molecule has 0 nitrogen and oxygen atoms in total. The average molecular weight is 676 g/mol. The molecule has 0 aromatic rings. The lowest BCUT2D eigenvalue weighted by molar-refractivity contribution is 0.945. The van der Waals surface area contributed by atoms with Crippen LogP contribution in [0, 0.1) is 0 Å². The Balaban J connectivity index is -0.000000453. The summed E-state index contributed by atoms with van der Waals surface area (Å²) in [7, 11) is 0. The highest BCUT2D eigenvalue weighted by Crippen LogP contribution is 2.52. The normalized spacial score (nSPS) is 18.9. The molecule has 0 amide bonds. The molecule has 2 aliphatic rings. The molecule has 12 heteroatoms. The van der Waals surface area contributed by atoms with Gasteiger partial charge in [-0.1, -0.05) is 14.9 Å². The lowest BCUT2D eigenvalue weighted by atomic mass is 10.5. The standard InChI is InChI=1S/C10H20S6.C6H10Cl2S2.C2H6S2.2CH4/c1-10(15-5-2-6-16-10)9(13-7-3-11)14-8-4-12;1-6(5(7)8)9-3-2-4-10-6;3-1-2-4;;/h9,11-12H,2-8H2,1H3;5H,2-4H2,1H3;3-4H,1-2H2;2*1H4. The summed E-state index contributed by atoms with van der Waals surface area (Å²) in [5.74, 6) is 11.1. The Kier molecular flexibility index (Phi) is 32.2. The van der Waals surface area contributed by atoms with Crippen LogP contribution in [0.1, 0.15) is 41.5 Å². The molecule has 2 rings (SSSR count). The van der Waals surface area contributed by atoms with Gasteiger partial charge < -0.3 is 0 Å². The zero-order valence-electron chi connectivity index (χ0n) is 17.6. The molecular formula is C20H44Cl2S10. The van der Waals surface area contributed by atoms with Crippen LogP contribution in [-0.2, 0) is 0 Å².